The number of benzene rings is 2. The van der Waals surface area contributed by atoms with Gasteiger partial charge in [-0.1, -0.05) is 0 Å². The fourth-order valence-electron chi connectivity index (χ4n) is 2.19. The summed E-state index contributed by atoms with van der Waals surface area (Å²) in [5.74, 6) is 1.27. The van der Waals surface area contributed by atoms with Crippen LogP contribution in [0.2, 0.25) is 0 Å². The molecule has 0 spiro atoms. The second-order valence-corrected chi connectivity index (χ2v) is 6.32. The number of amides is 1. The molecular weight excluding hydrogens is 336 g/mol. The van der Waals surface area contributed by atoms with Gasteiger partial charge in [-0.25, -0.2) is 4.98 Å². The molecule has 1 aromatic heterocycles. The van der Waals surface area contributed by atoms with Crippen molar-refractivity contribution in [2.75, 3.05) is 12.4 Å². The van der Waals surface area contributed by atoms with Crippen molar-refractivity contribution in [3.05, 3.63) is 70.2 Å². The summed E-state index contributed by atoms with van der Waals surface area (Å²) in [6.07, 6.45) is 0. The minimum absolute atomic E-state index is 0.174. The van der Waals surface area contributed by atoms with Crippen molar-refractivity contribution in [3.63, 3.8) is 0 Å². The Morgan fingerprint density at radius 1 is 1.08 bits per heavy atom. The van der Waals surface area contributed by atoms with E-state index >= 15 is 0 Å². The molecular formula is C19H18N2O3S. The second-order valence-electron chi connectivity index (χ2n) is 5.38. The van der Waals surface area contributed by atoms with E-state index in [-0.39, 0.29) is 5.91 Å². The van der Waals surface area contributed by atoms with Crippen LogP contribution in [0.1, 0.15) is 21.1 Å². The van der Waals surface area contributed by atoms with Gasteiger partial charge in [-0.3, -0.25) is 4.79 Å². The first-order valence-electron chi connectivity index (χ1n) is 7.73. The maximum Gasteiger partial charge on any atom is 0.255 e. The molecule has 1 N–H and O–H groups in total. The van der Waals surface area contributed by atoms with Gasteiger partial charge in [-0.2, -0.15) is 0 Å². The number of aryl methyl sites for hydroxylation is 1. The molecule has 0 radical (unpaired) electrons. The molecule has 1 heterocycles. The lowest BCUT2D eigenvalue weighted by molar-refractivity contribution is 0.102. The summed E-state index contributed by atoms with van der Waals surface area (Å²) in [5.41, 5.74) is 2.27. The summed E-state index contributed by atoms with van der Waals surface area (Å²) in [5, 5.41) is 5.77. The zero-order valence-corrected chi connectivity index (χ0v) is 14.8. The van der Waals surface area contributed by atoms with Gasteiger partial charge in [-0.15, -0.1) is 11.3 Å². The smallest absolute Gasteiger partial charge is 0.255 e. The molecule has 0 atom stereocenters. The first-order valence-corrected chi connectivity index (χ1v) is 8.61. The maximum absolute atomic E-state index is 12.3. The number of anilines is 1. The molecule has 128 valence electrons. The number of aromatic nitrogens is 1. The minimum atomic E-state index is -0.174. The van der Waals surface area contributed by atoms with Crippen molar-refractivity contribution in [2.24, 2.45) is 0 Å². The molecule has 3 rings (SSSR count). The van der Waals surface area contributed by atoms with Crippen molar-refractivity contribution >= 4 is 22.9 Å². The van der Waals surface area contributed by atoms with E-state index in [0.717, 1.165) is 16.5 Å². The molecule has 1 amide bonds. The SMILES string of the molecule is COc1ccc(NC(=O)c2ccc(OCc3nc(C)cs3)cc2)cc1. The summed E-state index contributed by atoms with van der Waals surface area (Å²) in [7, 11) is 1.60. The molecule has 3 aromatic rings. The third kappa shape index (κ3) is 4.58. The van der Waals surface area contributed by atoms with Crippen molar-refractivity contribution in [1.29, 1.82) is 0 Å². The van der Waals surface area contributed by atoms with E-state index < -0.39 is 0 Å². The summed E-state index contributed by atoms with van der Waals surface area (Å²) in [4.78, 5) is 16.6. The highest BCUT2D eigenvalue weighted by Gasteiger charge is 2.07. The largest absolute Gasteiger partial charge is 0.497 e. The number of hydrogen-bond donors (Lipinski definition) is 1. The zero-order chi connectivity index (χ0) is 17.6. The summed E-state index contributed by atoms with van der Waals surface area (Å²) >= 11 is 1.57. The van der Waals surface area contributed by atoms with Crippen LogP contribution in [0.5, 0.6) is 11.5 Å². The third-order valence-corrected chi connectivity index (χ3v) is 4.43. The quantitative estimate of drug-likeness (QED) is 0.717. The zero-order valence-electron chi connectivity index (χ0n) is 14.0. The van der Waals surface area contributed by atoms with Gasteiger partial charge in [0.2, 0.25) is 0 Å². The van der Waals surface area contributed by atoms with Gasteiger partial charge in [0, 0.05) is 22.3 Å². The van der Waals surface area contributed by atoms with Crippen LogP contribution in [0.3, 0.4) is 0 Å². The molecule has 0 aliphatic rings. The Morgan fingerprint density at radius 3 is 2.36 bits per heavy atom. The number of nitrogens with one attached hydrogen (secondary N) is 1. The molecule has 6 heteroatoms. The number of carbonyl (C=O) groups is 1. The Kier molecular flexibility index (Phi) is 5.30. The third-order valence-electron chi connectivity index (χ3n) is 3.49. The molecule has 2 aromatic carbocycles. The molecule has 0 saturated carbocycles. The van der Waals surface area contributed by atoms with E-state index in [0.29, 0.717) is 23.6 Å². The Bertz CT molecular complexity index is 842. The van der Waals surface area contributed by atoms with Gasteiger partial charge >= 0.3 is 0 Å². The molecule has 0 bridgehead atoms. The van der Waals surface area contributed by atoms with Crippen molar-refractivity contribution in [1.82, 2.24) is 4.98 Å². The topological polar surface area (TPSA) is 60.5 Å². The number of thiazole rings is 1. The normalized spacial score (nSPS) is 10.3. The van der Waals surface area contributed by atoms with E-state index in [9.17, 15) is 4.79 Å². The van der Waals surface area contributed by atoms with Crippen molar-refractivity contribution < 1.29 is 14.3 Å². The number of methoxy groups -OCH3 is 1. The standard InChI is InChI=1S/C19H18N2O3S/c1-13-12-25-18(20-13)11-24-17-7-3-14(4-8-17)19(22)21-15-5-9-16(23-2)10-6-15/h3-10,12H,11H2,1-2H3,(H,21,22). The van der Waals surface area contributed by atoms with Gasteiger partial charge in [0.1, 0.15) is 23.1 Å². The second kappa shape index (κ2) is 7.81. The van der Waals surface area contributed by atoms with Crippen molar-refractivity contribution in [3.8, 4) is 11.5 Å². The number of hydrogen-bond acceptors (Lipinski definition) is 5. The van der Waals surface area contributed by atoms with Crippen LogP contribution in [0.4, 0.5) is 5.69 Å². The van der Waals surface area contributed by atoms with E-state index in [2.05, 4.69) is 10.3 Å². The minimum Gasteiger partial charge on any atom is -0.497 e. The molecule has 25 heavy (non-hydrogen) atoms. The van der Waals surface area contributed by atoms with Gasteiger partial charge in [-0.05, 0) is 55.5 Å². The number of rotatable bonds is 6. The Labute approximate surface area is 150 Å². The van der Waals surface area contributed by atoms with Crippen LogP contribution in [0.25, 0.3) is 0 Å². The van der Waals surface area contributed by atoms with Gasteiger partial charge in [0.15, 0.2) is 0 Å². The lowest BCUT2D eigenvalue weighted by Crippen LogP contribution is -2.11. The fourth-order valence-corrected chi connectivity index (χ4v) is 2.88. The monoisotopic (exact) mass is 354 g/mol. The number of nitrogens with zero attached hydrogens (tertiary/aromatic N) is 1. The van der Waals surface area contributed by atoms with Crippen LogP contribution in [-0.4, -0.2) is 18.0 Å². The lowest BCUT2D eigenvalue weighted by atomic mass is 10.2. The van der Waals surface area contributed by atoms with E-state index in [1.54, 1.807) is 67.0 Å². The highest BCUT2D eigenvalue weighted by atomic mass is 32.1. The van der Waals surface area contributed by atoms with Crippen LogP contribution in [0.15, 0.2) is 53.9 Å². The Morgan fingerprint density at radius 2 is 1.76 bits per heavy atom. The highest BCUT2D eigenvalue weighted by molar-refractivity contribution is 7.09. The van der Waals surface area contributed by atoms with E-state index in [4.69, 9.17) is 9.47 Å². The molecule has 0 fully saturated rings. The molecule has 0 saturated heterocycles. The van der Waals surface area contributed by atoms with Crippen molar-refractivity contribution in [2.45, 2.75) is 13.5 Å². The molecule has 0 unspecified atom stereocenters. The van der Waals surface area contributed by atoms with Crippen LogP contribution >= 0.6 is 11.3 Å². The predicted molar refractivity (Wildman–Crippen MR) is 98.6 cm³/mol. The van der Waals surface area contributed by atoms with E-state index in [1.165, 1.54) is 0 Å². The molecule has 0 aliphatic carbocycles. The van der Waals surface area contributed by atoms with Crippen LogP contribution < -0.4 is 14.8 Å². The van der Waals surface area contributed by atoms with Gasteiger partial charge in [0.05, 0.1) is 7.11 Å². The highest BCUT2D eigenvalue weighted by Crippen LogP contribution is 2.18. The Hall–Kier alpha value is -2.86. The van der Waals surface area contributed by atoms with Crippen LogP contribution in [0, 0.1) is 6.92 Å². The maximum atomic E-state index is 12.3. The summed E-state index contributed by atoms with van der Waals surface area (Å²) < 4.78 is 10.8. The fraction of sp³-hybridized carbons (Fsp3) is 0.158. The molecule has 0 aliphatic heterocycles. The average Bonchev–Trinajstić information content (AvgIpc) is 3.06. The first-order chi connectivity index (χ1) is 12.1. The summed E-state index contributed by atoms with van der Waals surface area (Å²) in [6, 6.07) is 14.2. The summed E-state index contributed by atoms with van der Waals surface area (Å²) in [6.45, 7) is 2.38. The average molecular weight is 354 g/mol. The van der Waals surface area contributed by atoms with Crippen LogP contribution in [-0.2, 0) is 6.61 Å². The van der Waals surface area contributed by atoms with Gasteiger partial charge in [0.25, 0.3) is 5.91 Å². The number of ether oxygens (including phenoxy) is 2. The Balaban J connectivity index is 1.57. The lowest BCUT2D eigenvalue weighted by Gasteiger charge is -2.08. The van der Waals surface area contributed by atoms with Gasteiger partial charge < -0.3 is 14.8 Å². The van der Waals surface area contributed by atoms with E-state index in [1.807, 2.05) is 12.3 Å². The molecule has 5 nitrogen and oxygen atoms in total. The number of carbonyl (C=O) groups excluding carboxylic acids is 1. The first kappa shape index (κ1) is 17.0. The predicted octanol–water partition coefficient (Wildman–Crippen LogP) is 4.29.